The Morgan fingerprint density at radius 1 is 1.33 bits per heavy atom. The molecule has 0 bridgehead atoms. The van der Waals surface area contributed by atoms with Crippen molar-refractivity contribution < 1.29 is 23.1 Å². The van der Waals surface area contributed by atoms with E-state index in [-0.39, 0.29) is 35.7 Å². The van der Waals surface area contributed by atoms with E-state index in [1.54, 1.807) is 0 Å². The van der Waals surface area contributed by atoms with Crippen LogP contribution in [0.1, 0.15) is 30.1 Å². The van der Waals surface area contributed by atoms with Gasteiger partial charge in [-0.25, -0.2) is 0 Å². The zero-order valence-corrected chi connectivity index (χ0v) is 12.3. The smallest absolute Gasteiger partial charge is 0.386 e. The van der Waals surface area contributed by atoms with Gasteiger partial charge in [0.05, 0.1) is 18.7 Å². The maximum Gasteiger partial charge on any atom is 0.446 e. The maximum absolute atomic E-state index is 12.2. The third-order valence-electron chi connectivity index (χ3n) is 3.31. The van der Waals surface area contributed by atoms with Crippen LogP contribution < -0.4 is 0 Å². The van der Waals surface area contributed by atoms with E-state index < -0.39 is 11.1 Å². The number of halogens is 3. The summed E-state index contributed by atoms with van der Waals surface area (Å²) in [5, 5.41) is 10.0. The fourth-order valence-corrected chi connectivity index (χ4v) is 2.95. The molecule has 21 heavy (non-hydrogen) atoms. The molecule has 1 N–H and O–H groups in total. The van der Waals surface area contributed by atoms with Gasteiger partial charge < -0.3 is 10.0 Å². The fraction of sp³-hybridized carbons (Fsp3) is 0.500. The summed E-state index contributed by atoms with van der Waals surface area (Å²) >= 11 is -0.209. The van der Waals surface area contributed by atoms with Gasteiger partial charge in [0.1, 0.15) is 0 Å². The van der Waals surface area contributed by atoms with Crippen LogP contribution in [0.15, 0.2) is 29.2 Å². The number of hydrogen-bond acceptors (Lipinski definition) is 3. The maximum atomic E-state index is 12.2. The normalized spacial score (nSPS) is 17.5. The molecule has 7 heteroatoms. The molecule has 1 aliphatic heterocycles. The number of β-amino-alcohol motifs (C(OH)–C–C–N with tert-alkyl or cyclic N) is 1. The van der Waals surface area contributed by atoms with E-state index in [9.17, 15) is 23.1 Å². The Morgan fingerprint density at radius 2 is 1.90 bits per heavy atom. The Kier molecular flexibility index (Phi) is 4.53. The third kappa shape index (κ3) is 4.14. The summed E-state index contributed by atoms with van der Waals surface area (Å²) in [6.07, 6.45) is 1.47. The van der Waals surface area contributed by atoms with Crippen LogP contribution in [-0.4, -0.2) is 40.1 Å². The topological polar surface area (TPSA) is 40.5 Å². The van der Waals surface area contributed by atoms with Crippen LogP contribution in [-0.2, 0) is 0 Å². The van der Waals surface area contributed by atoms with Gasteiger partial charge in [0.25, 0.3) is 5.91 Å². The molecular formula is C14H16F3NO2S. The summed E-state index contributed by atoms with van der Waals surface area (Å²) in [5.74, 6) is -0.265. The minimum Gasteiger partial charge on any atom is -0.386 e. The van der Waals surface area contributed by atoms with Crippen molar-refractivity contribution in [1.29, 1.82) is 0 Å². The van der Waals surface area contributed by atoms with Gasteiger partial charge in [-0.15, -0.1) is 0 Å². The molecule has 1 aliphatic rings. The molecule has 0 spiro atoms. The molecule has 1 aromatic rings. The summed E-state index contributed by atoms with van der Waals surface area (Å²) in [7, 11) is 0. The minimum absolute atomic E-state index is 0.0464. The molecule has 0 aliphatic carbocycles. The molecule has 1 heterocycles. The van der Waals surface area contributed by atoms with Crippen LogP contribution in [0, 0.1) is 0 Å². The first-order valence-corrected chi connectivity index (χ1v) is 7.41. The molecule has 0 unspecified atom stereocenters. The van der Waals surface area contributed by atoms with Crippen LogP contribution in [0.25, 0.3) is 0 Å². The van der Waals surface area contributed by atoms with E-state index in [0.29, 0.717) is 12.0 Å². The number of alkyl halides is 3. The van der Waals surface area contributed by atoms with Gasteiger partial charge in [-0.1, -0.05) is 13.3 Å². The van der Waals surface area contributed by atoms with Crippen LogP contribution in [0.4, 0.5) is 13.2 Å². The lowest BCUT2D eigenvalue weighted by molar-refractivity contribution is -0.0860. The van der Waals surface area contributed by atoms with Crippen molar-refractivity contribution >= 4 is 17.7 Å². The molecule has 1 fully saturated rings. The number of likely N-dealkylation sites (tertiary alicyclic amines) is 1. The predicted molar refractivity (Wildman–Crippen MR) is 74.1 cm³/mol. The third-order valence-corrected chi connectivity index (χ3v) is 4.05. The lowest BCUT2D eigenvalue weighted by atomic mass is 9.89. The lowest BCUT2D eigenvalue weighted by Crippen LogP contribution is -2.63. The van der Waals surface area contributed by atoms with Crippen molar-refractivity contribution in [3.05, 3.63) is 29.8 Å². The van der Waals surface area contributed by atoms with E-state index >= 15 is 0 Å². The summed E-state index contributed by atoms with van der Waals surface area (Å²) in [5.41, 5.74) is -4.81. The number of carbonyl (C=O) groups is 1. The molecule has 116 valence electrons. The average Bonchev–Trinajstić information content (AvgIpc) is 2.34. The number of hydrogen-bond donors (Lipinski definition) is 1. The van der Waals surface area contributed by atoms with E-state index in [0.717, 1.165) is 6.42 Å². The van der Waals surface area contributed by atoms with Gasteiger partial charge in [-0.05, 0) is 42.4 Å². The molecule has 0 radical (unpaired) electrons. The minimum atomic E-state index is -4.33. The van der Waals surface area contributed by atoms with Crippen molar-refractivity contribution in [3.8, 4) is 0 Å². The number of rotatable bonds is 4. The first-order valence-electron chi connectivity index (χ1n) is 6.60. The van der Waals surface area contributed by atoms with Crippen molar-refractivity contribution in [3.63, 3.8) is 0 Å². The molecule has 0 atom stereocenters. The molecule has 2 rings (SSSR count). The highest BCUT2D eigenvalue weighted by atomic mass is 32.2. The highest BCUT2D eigenvalue weighted by molar-refractivity contribution is 8.00. The van der Waals surface area contributed by atoms with Crippen LogP contribution in [0.5, 0.6) is 0 Å². The van der Waals surface area contributed by atoms with Crippen LogP contribution >= 0.6 is 11.8 Å². The van der Waals surface area contributed by atoms with Crippen molar-refractivity contribution in [1.82, 2.24) is 4.90 Å². The van der Waals surface area contributed by atoms with E-state index in [2.05, 4.69) is 0 Å². The van der Waals surface area contributed by atoms with Gasteiger partial charge in [0, 0.05) is 10.5 Å². The first kappa shape index (κ1) is 16.2. The zero-order valence-electron chi connectivity index (χ0n) is 11.5. The summed E-state index contributed by atoms with van der Waals surface area (Å²) in [6, 6.07) is 5.33. The lowest BCUT2D eigenvalue weighted by Gasteiger charge is -2.46. The predicted octanol–water partition coefficient (Wildman–Crippen LogP) is 3.29. The first-order chi connectivity index (χ1) is 9.72. The molecule has 1 amide bonds. The molecule has 1 aromatic carbocycles. The highest BCUT2D eigenvalue weighted by Crippen LogP contribution is 2.37. The molecule has 0 saturated carbocycles. The van der Waals surface area contributed by atoms with Gasteiger partial charge >= 0.3 is 5.51 Å². The summed E-state index contributed by atoms with van der Waals surface area (Å²) in [6.45, 7) is 2.51. The molecule has 1 saturated heterocycles. The average molecular weight is 319 g/mol. The Morgan fingerprint density at radius 3 is 2.38 bits per heavy atom. The Hall–Kier alpha value is -1.21. The van der Waals surface area contributed by atoms with Crippen LogP contribution in [0.2, 0.25) is 0 Å². The quantitative estimate of drug-likeness (QED) is 0.866. The second-order valence-corrected chi connectivity index (χ2v) is 6.35. The number of carbonyl (C=O) groups excluding carboxylic acids is 1. The fourth-order valence-electron chi connectivity index (χ4n) is 2.41. The van der Waals surface area contributed by atoms with Crippen LogP contribution in [0.3, 0.4) is 0 Å². The van der Waals surface area contributed by atoms with Gasteiger partial charge in [-0.3, -0.25) is 4.79 Å². The van der Waals surface area contributed by atoms with Crippen molar-refractivity contribution in [2.45, 2.75) is 35.8 Å². The second kappa shape index (κ2) is 5.88. The molecule has 3 nitrogen and oxygen atoms in total. The Bertz CT molecular complexity index is 510. The SMILES string of the molecule is CCCC1(O)CN(C(=O)c2ccc(SC(F)(F)F)cc2)C1. The summed E-state index contributed by atoms with van der Waals surface area (Å²) in [4.78, 5) is 13.6. The standard InChI is InChI=1S/C14H16F3NO2S/c1-2-7-13(20)8-18(9-13)12(19)10-3-5-11(6-4-10)21-14(15,16)17/h3-6,20H,2,7-9H2,1H3. The number of amides is 1. The Balaban J connectivity index is 1.96. The van der Waals surface area contributed by atoms with Gasteiger partial charge in [0.15, 0.2) is 0 Å². The van der Waals surface area contributed by atoms with Crippen molar-refractivity contribution in [2.24, 2.45) is 0 Å². The number of benzene rings is 1. The van der Waals surface area contributed by atoms with E-state index in [1.165, 1.54) is 29.2 Å². The number of aliphatic hydroxyl groups is 1. The van der Waals surface area contributed by atoms with Gasteiger partial charge in [0.2, 0.25) is 0 Å². The second-order valence-electron chi connectivity index (χ2n) is 5.21. The Labute approximate surface area is 125 Å². The zero-order chi connectivity index (χ0) is 15.7. The van der Waals surface area contributed by atoms with E-state index in [4.69, 9.17) is 0 Å². The largest absolute Gasteiger partial charge is 0.446 e. The highest BCUT2D eigenvalue weighted by Gasteiger charge is 2.42. The monoisotopic (exact) mass is 319 g/mol. The van der Waals surface area contributed by atoms with E-state index in [1.807, 2.05) is 6.92 Å². The number of nitrogens with zero attached hydrogens (tertiary/aromatic N) is 1. The van der Waals surface area contributed by atoms with Crippen molar-refractivity contribution in [2.75, 3.05) is 13.1 Å². The number of thioether (sulfide) groups is 1. The van der Waals surface area contributed by atoms with Gasteiger partial charge in [-0.2, -0.15) is 13.2 Å². The summed E-state index contributed by atoms with van der Waals surface area (Å²) < 4.78 is 36.6. The molecular weight excluding hydrogens is 303 g/mol. The molecule has 0 aromatic heterocycles.